The Morgan fingerprint density at radius 3 is 2.75 bits per heavy atom. The van der Waals surface area contributed by atoms with Gasteiger partial charge in [0.15, 0.2) is 11.5 Å². The van der Waals surface area contributed by atoms with Crippen molar-refractivity contribution in [3.63, 3.8) is 0 Å². The molecule has 2 aromatic rings. The van der Waals surface area contributed by atoms with Gasteiger partial charge in [-0.05, 0) is 38.0 Å². The molecule has 1 unspecified atom stereocenters. The van der Waals surface area contributed by atoms with Crippen LogP contribution < -0.4 is 15.2 Å². The number of ether oxygens (including phenoxy) is 2. The van der Waals surface area contributed by atoms with Gasteiger partial charge in [-0.2, -0.15) is 0 Å². The third-order valence-corrected chi connectivity index (χ3v) is 3.65. The first-order valence-electron chi connectivity index (χ1n) is 6.54. The molecule has 1 heterocycles. The summed E-state index contributed by atoms with van der Waals surface area (Å²) in [5.74, 6) is 1.46. The molecular formula is C15H20N2O2S. The Morgan fingerprint density at radius 1 is 1.35 bits per heavy atom. The predicted molar refractivity (Wildman–Crippen MR) is 81.5 cm³/mol. The van der Waals surface area contributed by atoms with Crippen LogP contribution >= 0.6 is 11.3 Å². The Kier molecular flexibility index (Phi) is 4.98. The topological polar surface area (TPSA) is 57.4 Å². The highest BCUT2D eigenvalue weighted by Gasteiger charge is 2.08. The molecule has 0 spiro atoms. The number of thiazole rings is 1. The van der Waals surface area contributed by atoms with Crippen molar-refractivity contribution in [2.75, 3.05) is 7.11 Å². The Morgan fingerprint density at radius 2 is 2.15 bits per heavy atom. The highest BCUT2D eigenvalue weighted by Crippen LogP contribution is 2.29. The van der Waals surface area contributed by atoms with Crippen LogP contribution in [0.5, 0.6) is 11.5 Å². The van der Waals surface area contributed by atoms with Gasteiger partial charge in [0.25, 0.3) is 0 Å². The number of methoxy groups -OCH3 is 1. The maximum atomic E-state index is 5.81. The zero-order valence-electron chi connectivity index (χ0n) is 12.1. The van der Waals surface area contributed by atoms with Crippen LogP contribution in [0, 0.1) is 6.92 Å². The van der Waals surface area contributed by atoms with Crippen LogP contribution in [0.2, 0.25) is 0 Å². The molecule has 0 saturated carbocycles. The normalized spacial score (nSPS) is 12.2. The van der Waals surface area contributed by atoms with E-state index in [1.165, 1.54) is 0 Å². The first-order chi connectivity index (χ1) is 9.58. The molecule has 0 aliphatic heterocycles. The molecule has 0 saturated heterocycles. The quantitative estimate of drug-likeness (QED) is 0.889. The summed E-state index contributed by atoms with van der Waals surface area (Å²) < 4.78 is 11.2. The first kappa shape index (κ1) is 14.8. The fourth-order valence-electron chi connectivity index (χ4n) is 1.96. The molecule has 0 bridgehead atoms. The molecule has 1 atom stereocenters. The largest absolute Gasteiger partial charge is 0.493 e. The third kappa shape index (κ3) is 3.95. The second-order valence-corrected chi connectivity index (χ2v) is 5.88. The molecule has 0 aliphatic carbocycles. The van der Waals surface area contributed by atoms with Gasteiger partial charge in [-0.25, -0.2) is 4.98 Å². The molecule has 0 fully saturated rings. The number of hydrogen-bond donors (Lipinski definition) is 1. The molecule has 0 radical (unpaired) electrons. The van der Waals surface area contributed by atoms with Crippen molar-refractivity contribution in [1.29, 1.82) is 0 Å². The van der Waals surface area contributed by atoms with Gasteiger partial charge in [0.2, 0.25) is 0 Å². The van der Waals surface area contributed by atoms with Crippen molar-refractivity contribution in [1.82, 2.24) is 4.98 Å². The summed E-state index contributed by atoms with van der Waals surface area (Å²) >= 11 is 1.62. The van der Waals surface area contributed by atoms with Gasteiger partial charge in [-0.3, -0.25) is 0 Å². The van der Waals surface area contributed by atoms with Gasteiger partial charge >= 0.3 is 0 Å². The molecular weight excluding hydrogens is 272 g/mol. The maximum absolute atomic E-state index is 5.81. The predicted octanol–water partition coefficient (Wildman–Crippen LogP) is 2.93. The van der Waals surface area contributed by atoms with Crippen molar-refractivity contribution >= 4 is 11.3 Å². The Balaban J connectivity index is 2.07. The fraction of sp³-hybridized carbons (Fsp3) is 0.400. The van der Waals surface area contributed by atoms with E-state index in [9.17, 15) is 0 Å². The molecule has 0 aliphatic rings. The minimum atomic E-state index is 0.129. The Hall–Kier alpha value is -1.59. The highest BCUT2D eigenvalue weighted by molar-refractivity contribution is 7.09. The van der Waals surface area contributed by atoms with Crippen LogP contribution in [0.15, 0.2) is 23.6 Å². The van der Waals surface area contributed by atoms with Gasteiger partial charge in [0.1, 0.15) is 6.61 Å². The lowest BCUT2D eigenvalue weighted by Crippen LogP contribution is -2.17. The van der Waals surface area contributed by atoms with E-state index in [2.05, 4.69) is 4.98 Å². The number of aromatic nitrogens is 1. The highest BCUT2D eigenvalue weighted by atomic mass is 32.1. The zero-order chi connectivity index (χ0) is 14.5. The van der Waals surface area contributed by atoms with Crippen LogP contribution in [-0.4, -0.2) is 18.1 Å². The molecule has 1 aromatic heterocycles. The summed E-state index contributed by atoms with van der Waals surface area (Å²) in [7, 11) is 1.64. The number of benzene rings is 1. The molecule has 2 rings (SSSR count). The fourth-order valence-corrected chi connectivity index (χ4v) is 2.55. The monoisotopic (exact) mass is 292 g/mol. The summed E-state index contributed by atoms with van der Waals surface area (Å²) in [5.41, 5.74) is 7.90. The second-order valence-electron chi connectivity index (χ2n) is 4.81. The van der Waals surface area contributed by atoms with Gasteiger partial charge in [-0.1, -0.05) is 6.07 Å². The summed E-state index contributed by atoms with van der Waals surface area (Å²) in [6, 6.07) is 6.05. The van der Waals surface area contributed by atoms with E-state index in [-0.39, 0.29) is 6.04 Å². The third-order valence-electron chi connectivity index (χ3n) is 2.83. The van der Waals surface area contributed by atoms with Gasteiger partial charge in [0.05, 0.1) is 17.8 Å². The van der Waals surface area contributed by atoms with E-state index in [1.807, 2.05) is 37.4 Å². The van der Waals surface area contributed by atoms with Crippen LogP contribution in [0.25, 0.3) is 0 Å². The molecule has 4 nitrogen and oxygen atoms in total. The van der Waals surface area contributed by atoms with Crippen molar-refractivity contribution in [3.8, 4) is 11.5 Å². The van der Waals surface area contributed by atoms with Crippen LogP contribution in [-0.2, 0) is 13.0 Å². The van der Waals surface area contributed by atoms with E-state index in [0.29, 0.717) is 6.61 Å². The standard InChI is InChI=1S/C15H20N2O2S/c1-10(16)6-12-4-5-14(15(7-12)18-3)19-8-13-9-20-11(2)17-13/h4-5,7,9-10H,6,8,16H2,1-3H3. The molecule has 5 heteroatoms. The van der Waals surface area contributed by atoms with Gasteiger partial charge in [-0.15, -0.1) is 11.3 Å². The summed E-state index contributed by atoms with van der Waals surface area (Å²) in [5, 5.41) is 3.05. The zero-order valence-corrected chi connectivity index (χ0v) is 12.9. The number of aryl methyl sites for hydroxylation is 1. The lowest BCUT2D eigenvalue weighted by molar-refractivity contribution is 0.281. The van der Waals surface area contributed by atoms with Gasteiger partial charge in [0, 0.05) is 11.4 Å². The molecule has 1 aromatic carbocycles. The minimum Gasteiger partial charge on any atom is -0.493 e. The Bertz CT molecular complexity index is 567. The average Bonchev–Trinajstić information content (AvgIpc) is 2.82. The average molecular weight is 292 g/mol. The number of hydrogen-bond acceptors (Lipinski definition) is 5. The lowest BCUT2D eigenvalue weighted by atomic mass is 10.1. The van der Waals surface area contributed by atoms with E-state index in [0.717, 1.165) is 34.2 Å². The first-order valence-corrected chi connectivity index (χ1v) is 7.42. The van der Waals surface area contributed by atoms with Crippen LogP contribution in [0.3, 0.4) is 0 Å². The van der Waals surface area contributed by atoms with Crippen molar-refractivity contribution in [3.05, 3.63) is 39.8 Å². The number of rotatable bonds is 6. The smallest absolute Gasteiger partial charge is 0.161 e. The van der Waals surface area contributed by atoms with Crippen LogP contribution in [0.4, 0.5) is 0 Å². The maximum Gasteiger partial charge on any atom is 0.161 e. The summed E-state index contributed by atoms with van der Waals surface area (Å²) in [4.78, 5) is 4.37. The van der Waals surface area contributed by atoms with Crippen LogP contribution in [0.1, 0.15) is 23.2 Å². The second kappa shape index (κ2) is 6.72. The molecule has 108 valence electrons. The minimum absolute atomic E-state index is 0.129. The molecule has 0 amide bonds. The van der Waals surface area contributed by atoms with Crippen molar-refractivity contribution in [2.45, 2.75) is 32.9 Å². The van der Waals surface area contributed by atoms with E-state index >= 15 is 0 Å². The van der Waals surface area contributed by atoms with Gasteiger partial charge < -0.3 is 15.2 Å². The Labute approximate surface area is 123 Å². The van der Waals surface area contributed by atoms with E-state index in [1.54, 1.807) is 18.4 Å². The molecule has 2 N–H and O–H groups in total. The SMILES string of the molecule is COc1cc(CC(C)N)ccc1OCc1csc(C)n1. The van der Waals surface area contributed by atoms with Crippen molar-refractivity contribution in [2.24, 2.45) is 5.73 Å². The van der Waals surface area contributed by atoms with Crippen molar-refractivity contribution < 1.29 is 9.47 Å². The summed E-state index contributed by atoms with van der Waals surface area (Å²) in [6.07, 6.45) is 0.821. The number of nitrogens with zero attached hydrogens (tertiary/aromatic N) is 1. The number of nitrogens with two attached hydrogens (primary N) is 1. The van der Waals surface area contributed by atoms with E-state index in [4.69, 9.17) is 15.2 Å². The lowest BCUT2D eigenvalue weighted by Gasteiger charge is -2.12. The van der Waals surface area contributed by atoms with E-state index < -0.39 is 0 Å². The summed E-state index contributed by atoms with van der Waals surface area (Å²) in [6.45, 7) is 4.42. The molecule has 20 heavy (non-hydrogen) atoms.